The number of halogens is 3. The molecule has 130 valence electrons. The predicted octanol–water partition coefficient (Wildman–Crippen LogP) is 1.73. The summed E-state index contributed by atoms with van der Waals surface area (Å²) in [5.74, 6) is -0.189. The number of hydrazine groups is 1. The number of hydrogen-bond donors (Lipinski definition) is 2. The number of pyridine rings is 1. The van der Waals surface area contributed by atoms with Gasteiger partial charge in [-0.3, -0.25) is 10.2 Å². The van der Waals surface area contributed by atoms with Crippen LogP contribution in [-0.4, -0.2) is 55.2 Å². The van der Waals surface area contributed by atoms with E-state index in [1.165, 1.54) is 0 Å². The molecule has 23 heavy (non-hydrogen) atoms. The van der Waals surface area contributed by atoms with Gasteiger partial charge in [0.2, 0.25) is 0 Å². The zero-order valence-corrected chi connectivity index (χ0v) is 15.1. The van der Waals surface area contributed by atoms with Gasteiger partial charge < -0.3 is 10.2 Å². The smallest absolute Gasteiger partial charge is 0.284 e. The number of amides is 1. The van der Waals surface area contributed by atoms with E-state index in [0.717, 1.165) is 57.8 Å². The van der Waals surface area contributed by atoms with Gasteiger partial charge in [0.1, 0.15) is 5.69 Å². The van der Waals surface area contributed by atoms with Gasteiger partial charge in [0.15, 0.2) is 5.15 Å². The van der Waals surface area contributed by atoms with Crippen molar-refractivity contribution in [3.05, 3.63) is 23.0 Å². The van der Waals surface area contributed by atoms with E-state index >= 15 is 0 Å². The Morgan fingerprint density at radius 3 is 2.39 bits per heavy atom. The Morgan fingerprint density at radius 1 is 1.13 bits per heavy atom. The third kappa shape index (κ3) is 5.09. The zero-order valence-electron chi connectivity index (χ0n) is 12.8. The lowest BCUT2D eigenvalue weighted by atomic mass is 10.2. The fraction of sp³-hybridized carbons (Fsp3) is 0.571. The lowest BCUT2D eigenvalue weighted by Crippen LogP contribution is -2.43. The Kier molecular flexibility index (Phi) is 8.36. The van der Waals surface area contributed by atoms with Crippen molar-refractivity contribution in [3.8, 4) is 0 Å². The maximum Gasteiger partial charge on any atom is 0.284 e. The second kappa shape index (κ2) is 9.49. The molecule has 1 aromatic heterocycles. The highest BCUT2D eigenvalue weighted by Crippen LogP contribution is 2.24. The van der Waals surface area contributed by atoms with E-state index < -0.39 is 0 Å². The van der Waals surface area contributed by atoms with Crippen LogP contribution in [0.3, 0.4) is 0 Å². The first-order valence-corrected chi connectivity index (χ1v) is 7.80. The Labute approximate surface area is 153 Å². The molecule has 2 aliphatic rings. The molecule has 0 spiro atoms. The molecular formula is C14H22Cl3N5O. The first kappa shape index (κ1) is 20.3. The quantitative estimate of drug-likeness (QED) is 0.780. The van der Waals surface area contributed by atoms with Gasteiger partial charge in [-0.15, -0.1) is 24.8 Å². The Balaban J connectivity index is 0.00000132. The van der Waals surface area contributed by atoms with Crippen molar-refractivity contribution >= 4 is 48.0 Å². The summed E-state index contributed by atoms with van der Waals surface area (Å²) in [4.78, 5) is 18.6. The molecule has 0 unspecified atom stereocenters. The largest absolute Gasteiger partial charge is 0.366 e. The van der Waals surface area contributed by atoms with Crippen molar-refractivity contribution in [3.63, 3.8) is 0 Å². The highest BCUT2D eigenvalue weighted by molar-refractivity contribution is 6.32. The van der Waals surface area contributed by atoms with Crippen LogP contribution in [-0.2, 0) is 0 Å². The number of aromatic nitrogens is 1. The fourth-order valence-corrected chi connectivity index (χ4v) is 3.00. The summed E-state index contributed by atoms with van der Waals surface area (Å²) >= 11 is 6.26. The summed E-state index contributed by atoms with van der Waals surface area (Å²) in [6, 6.07) is 3.63. The van der Waals surface area contributed by atoms with Crippen molar-refractivity contribution in [2.45, 2.75) is 12.8 Å². The molecule has 0 radical (unpaired) electrons. The molecule has 0 aromatic carbocycles. The molecular weight excluding hydrogens is 361 g/mol. The van der Waals surface area contributed by atoms with Gasteiger partial charge in [0, 0.05) is 39.3 Å². The molecule has 0 bridgehead atoms. The summed E-state index contributed by atoms with van der Waals surface area (Å²) in [6.45, 7) is 5.49. The normalized spacial score (nSPS) is 18.0. The third-order valence-electron chi connectivity index (χ3n) is 3.89. The number of piperazine rings is 1. The molecule has 1 amide bonds. The lowest BCUT2D eigenvalue weighted by molar-refractivity contribution is 0.0820. The minimum atomic E-state index is -0.189. The van der Waals surface area contributed by atoms with E-state index in [2.05, 4.69) is 20.6 Å². The average Bonchev–Trinajstić information content (AvgIpc) is 3.01. The van der Waals surface area contributed by atoms with Gasteiger partial charge in [-0.25, -0.2) is 9.99 Å². The predicted molar refractivity (Wildman–Crippen MR) is 97.1 cm³/mol. The number of hydrogen-bond acceptors (Lipinski definition) is 5. The minimum absolute atomic E-state index is 0. The van der Waals surface area contributed by atoms with Crippen LogP contribution in [0.4, 0.5) is 5.69 Å². The summed E-state index contributed by atoms with van der Waals surface area (Å²) in [7, 11) is 0. The first-order chi connectivity index (χ1) is 10.2. The number of carbonyl (C=O) groups excluding carboxylic acids is 1. The van der Waals surface area contributed by atoms with Crippen LogP contribution in [0.5, 0.6) is 0 Å². The van der Waals surface area contributed by atoms with Crippen molar-refractivity contribution in [2.75, 3.05) is 44.2 Å². The van der Waals surface area contributed by atoms with E-state index in [1.807, 2.05) is 11.1 Å². The van der Waals surface area contributed by atoms with E-state index in [4.69, 9.17) is 11.6 Å². The number of carbonyl (C=O) groups is 1. The topological polar surface area (TPSA) is 60.5 Å². The molecule has 6 nitrogen and oxygen atoms in total. The minimum Gasteiger partial charge on any atom is -0.366 e. The van der Waals surface area contributed by atoms with Crippen molar-refractivity contribution in [1.29, 1.82) is 0 Å². The third-order valence-corrected chi connectivity index (χ3v) is 4.16. The van der Waals surface area contributed by atoms with Gasteiger partial charge in [0.05, 0.1) is 5.69 Å². The Bertz CT molecular complexity index is 519. The van der Waals surface area contributed by atoms with Crippen LogP contribution in [0, 0.1) is 0 Å². The van der Waals surface area contributed by atoms with Gasteiger partial charge >= 0.3 is 0 Å². The van der Waals surface area contributed by atoms with Gasteiger partial charge in [0.25, 0.3) is 5.91 Å². The number of nitrogens with one attached hydrogen (secondary N) is 2. The fourth-order valence-electron chi connectivity index (χ4n) is 2.72. The molecule has 9 heteroatoms. The molecule has 1 aromatic rings. The Hall–Kier alpha value is -0.790. The molecule has 2 aliphatic heterocycles. The van der Waals surface area contributed by atoms with Crippen molar-refractivity contribution in [2.24, 2.45) is 0 Å². The van der Waals surface area contributed by atoms with E-state index in [0.29, 0.717) is 10.8 Å². The van der Waals surface area contributed by atoms with Gasteiger partial charge in [-0.05, 0) is 25.0 Å². The summed E-state index contributed by atoms with van der Waals surface area (Å²) in [6.07, 6.45) is 2.24. The van der Waals surface area contributed by atoms with E-state index in [9.17, 15) is 4.79 Å². The summed E-state index contributed by atoms with van der Waals surface area (Å²) < 4.78 is 0. The van der Waals surface area contributed by atoms with Crippen LogP contribution in [0.2, 0.25) is 5.15 Å². The summed E-state index contributed by atoms with van der Waals surface area (Å²) in [5.41, 5.74) is 4.14. The average molecular weight is 383 g/mol. The van der Waals surface area contributed by atoms with Crippen LogP contribution < -0.4 is 15.6 Å². The number of anilines is 1. The second-order valence-corrected chi connectivity index (χ2v) is 5.74. The summed E-state index contributed by atoms with van der Waals surface area (Å²) in [5, 5.41) is 5.63. The molecule has 0 atom stereocenters. The maximum atomic E-state index is 12.1. The van der Waals surface area contributed by atoms with Crippen molar-refractivity contribution in [1.82, 2.24) is 20.7 Å². The molecule has 2 fully saturated rings. The first-order valence-electron chi connectivity index (χ1n) is 7.42. The Morgan fingerprint density at radius 2 is 1.78 bits per heavy atom. The number of nitrogens with zero attached hydrogens (tertiary/aromatic N) is 3. The maximum absolute atomic E-state index is 12.1. The van der Waals surface area contributed by atoms with Crippen molar-refractivity contribution < 1.29 is 4.79 Å². The molecule has 2 N–H and O–H groups in total. The highest BCUT2D eigenvalue weighted by Gasteiger charge is 2.19. The standard InChI is InChI=1S/C14H20ClN5O.2ClH/c15-13-12(19-9-5-16-6-10-19)4-3-11(17-13)14(21)18-20-7-1-2-8-20;;/h3-4,16H,1-2,5-10H2,(H,18,21);2*1H. The zero-order chi connectivity index (χ0) is 14.7. The van der Waals surface area contributed by atoms with Crippen LogP contribution in [0.1, 0.15) is 23.3 Å². The SMILES string of the molecule is Cl.Cl.O=C(NN1CCCC1)c1ccc(N2CCNCC2)c(Cl)n1. The molecule has 0 aliphatic carbocycles. The van der Waals surface area contributed by atoms with Gasteiger partial charge in [-0.1, -0.05) is 11.6 Å². The van der Waals surface area contributed by atoms with Crippen LogP contribution >= 0.6 is 36.4 Å². The van der Waals surface area contributed by atoms with E-state index in [1.54, 1.807) is 6.07 Å². The van der Waals surface area contributed by atoms with E-state index in [-0.39, 0.29) is 30.7 Å². The van der Waals surface area contributed by atoms with Crippen LogP contribution in [0.15, 0.2) is 12.1 Å². The highest BCUT2D eigenvalue weighted by atomic mass is 35.5. The lowest BCUT2D eigenvalue weighted by Gasteiger charge is -2.29. The number of rotatable bonds is 3. The molecule has 0 saturated carbocycles. The molecule has 3 heterocycles. The monoisotopic (exact) mass is 381 g/mol. The molecule has 3 rings (SSSR count). The van der Waals surface area contributed by atoms with Gasteiger partial charge in [-0.2, -0.15) is 0 Å². The van der Waals surface area contributed by atoms with Crippen LogP contribution in [0.25, 0.3) is 0 Å². The molecule has 2 saturated heterocycles. The second-order valence-electron chi connectivity index (χ2n) is 5.38.